The lowest BCUT2D eigenvalue weighted by Gasteiger charge is -2.21. The Morgan fingerprint density at radius 3 is 2.75 bits per heavy atom. The second-order valence-electron chi connectivity index (χ2n) is 5.67. The summed E-state index contributed by atoms with van der Waals surface area (Å²) in [6, 6.07) is 12.0. The van der Waals surface area contributed by atoms with E-state index in [9.17, 15) is 4.79 Å². The average molecular weight is 355 g/mol. The number of amides is 1. The Morgan fingerprint density at radius 2 is 1.96 bits per heavy atom. The van der Waals surface area contributed by atoms with Gasteiger partial charge < -0.3 is 10.2 Å². The number of nitrogens with zero attached hydrogens (tertiary/aromatic N) is 2. The van der Waals surface area contributed by atoms with Crippen LogP contribution in [0, 0.1) is 0 Å². The molecule has 1 aliphatic rings. The van der Waals surface area contributed by atoms with Gasteiger partial charge in [-0.05, 0) is 36.4 Å². The summed E-state index contributed by atoms with van der Waals surface area (Å²) in [5.41, 5.74) is 1.97. The largest absolute Gasteiger partial charge is 0.370 e. The lowest BCUT2D eigenvalue weighted by molar-refractivity contribution is 0.103. The summed E-state index contributed by atoms with van der Waals surface area (Å²) in [5.74, 6) is -0.0954. The smallest absolute Gasteiger partial charge is 0.267 e. The van der Waals surface area contributed by atoms with Crippen molar-refractivity contribution in [3.05, 3.63) is 52.9 Å². The monoisotopic (exact) mass is 355 g/mol. The predicted octanol–water partition coefficient (Wildman–Crippen LogP) is 4.72. The van der Waals surface area contributed by atoms with Crippen molar-refractivity contribution in [2.24, 2.45) is 0 Å². The van der Waals surface area contributed by atoms with Crippen LogP contribution in [0.15, 0.2) is 48.0 Å². The maximum Gasteiger partial charge on any atom is 0.267 e. The molecule has 1 fully saturated rings. The van der Waals surface area contributed by atoms with Crippen LogP contribution in [-0.2, 0) is 0 Å². The molecular formula is C18H17N3OS2. The fourth-order valence-corrected chi connectivity index (χ4v) is 4.51. The van der Waals surface area contributed by atoms with Crippen LogP contribution < -0.4 is 10.2 Å². The third-order valence-corrected chi connectivity index (χ3v) is 6.10. The number of thiophene rings is 1. The van der Waals surface area contributed by atoms with Gasteiger partial charge in [0.25, 0.3) is 5.91 Å². The van der Waals surface area contributed by atoms with Gasteiger partial charge >= 0.3 is 0 Å². The van der Waals surface area contributed by atoms with Gasteiger partial charge in [-0.3, -0.25) is 4.79 Å². The molecule has 4 rings (SSSR count). The summed E-state index contributed by atoms with van der Waals surface area (Å²) in [6.07, 6.45) is 4.08. The van der Waals surface area contributed by atoms with Gasteiger partial charge in [0, 0.05) is 13.1 Å². The van der Waals surface area contributed by atoms with E-state index in [1.807, 2.05) is 35.7 Å². The number of rotatable bonds is 4. The Morgan fingerprint density at radius 1 is 1.12 bits per heavy atom. The first kappa shape index (κ1) is 15.4. The number of thiazole rings is 1. The Hall–Kier alpha value is -2.18. The minimum atomic E-state index is -0.0954. The van der Waals surface area contributed by atoms with Crippen molar-refractivity contribution in [2.45, 2.75) is 12.8 Å². The van der Waals surface area contributed by atoms with E-state index in [4.69, 9.17) is 0 Å². The number of para-hydroxylation sites is 2. The molecule has 1 amide bonds. The molecule has 24 heavy (non-hydrogen) atoms. The molecule has 1 aliphatic heterocycles. The summed E-state index contributed by atoms with van der Waals surface area (Å²) in [5, 5.41) is 5.96. The maximum absolute atomic E-state index is 12.6. The van der Waals surface area contributed by atoms with Crippen molar-refractivity contribution >= 4 is 40.0 Å². The minimum absolute atomic E-state index is 0.0954. The van der Waals surface area contributed by atoms with Crippen molar-refractivity contribution in [1.82, 2.24) is 4.98 Å². The zero-order chi connectivity index (χ0) is 16.4. The predicted molar refractivity (Wildman–Crippen MR) is 101 cm³/mol. The molecule has 0 aliphatic carbocycles. The van der Waals surface area contributed by atoms with E-state index >= 15 is 0 Å². The van der Waals surface area contributed by atoms with E-state index in [1.165, 1.54) is 24.2 Å². The van der Waals surface area contributed by atoms with Crippen LogP contribution >= 0.6 is 22.7 Å². The normalized spacial score (nSPS) is 14.1. The summed E-state index contributed by atoms with van der Waals surface area (Å²) in [4.78, 5) is 21.0. The molecular weight excluding hydrogens is 338 g/mol. The van der Waals surface area contributed by atoms with Crippen molar-refractivity contribution < 1.29 is 4.79 Å². The molecule has 0 spiro atoms. The van der Waals surface area contributed by atoms with Crippen LogP contribution in [0.1, 0.15) is 22.5 Å². The van der Waals surface area contributed by atoms with Crippen molar-refractivity contribution in [3.63, 3.8) is 0 Å². The first-order valence-corrected chi connectivity index (χ1v) is 9.66. The zero-order valence-electron chi connectivity index (χ0n) is 13.1. The Labute approximate surface area is 148 Å². The zero-order valence-corrected chi connectivity index (χ0v) is 14.7. The van der Waals surface area contributed by atoms with Crippen molar-refractivity contribution in [3.8, 4) is 9.88 Å². The standard InChI is InChI=1S/C18H17N3OS2/c22-17(16-12-19-18(24-16)15-8-5-11-23-15)20-13-6-1-2-7-14(13)21-9-3-4-10-21/h1-2,5-8,11-12H,3-4,9-10H2,(H,20,22). The lowest BCUT2D eigenvalue weighted by Crippen LogP contribution is -2.20. The highest BCUT2D eigenvalue weighted by Gasteiger charge is 2.18. The second-order valence-corrected chi connectivity index (χ2v) is 7.65. The van der Waals surface area contributed by atoms with Crippen molar-refractivity contribution in [1.29, 1.82) is 0 Å². The number of aromatic nitrogens is 1. The second kappa shape index (κ2) is 6.75. The summed E-state index contributed by atoms with van der Waals surface area (Å²) < 4.78 is 0. The topological polar surface area (TPSA) is 45.2 Å². The van der Waals surface area contributed by atoms with E-state index in [1.54, 1.807) is 17.5 Å². The number of anilines is 2. The third-order valence-electron chi connectivity index (χ3n) is 4.06. The lowest BCUT2D eigenvalue weighted by atomic mass is 10.2. The van der Waals surface area contributed by atoms with Crippen LogP contribution in [0.3, 0.4) is 0 Å². The Balaban J connectivity index is 1.54. The molecule has 2 aromatic heterocycles. The van der Waals surface area contributed by atoms with Crippen LogP contribution in [0.25, 0.3) is 9.88 Å². The number of benzene rings is 1. The van der Waals surface area contributed by atoms with Gasteiger partial charge in [-0.1, -0.05) is 18.2 Å². The van der Waals surface area contributed by atoms with Crippen LogP contribution in [0.5, 0.6) is 0 Å². The molecule has 0 unspecified atom stereocenters. The molecule has 3 aromatic rings. The highest BCUT2D eigenvalue weighted by Crippen LogP contribution is 2.31. The maximum atomic E-state index is 12.6. The van der Waals surface area contributed by atoms with E-state index in [-0.39, 0.29) is 5.91 Å². The fourth-order valence-electron chi connectivity index (χ4n) is 2.89. The molecule has 0 bridgehead atoms. The number of carbonyl (C=O) groups excluding carboxylic acids is 1. The molecule has 0 saturated carbocycles. The van der Waals surface area contributed by atoms with Crippen LogP contribution in [0.2, 0.25) is 0 Å². The van der Waals surface area contributed by atoms with Gasteiger partial charge in [0.15, 0.2) is 0 Å². The van der Waals surface area contributed by atoms with Gasteiger partial charge in [-0.15, -0.1) is 22.7 Å². The van der Waals surface area contributed by atoms with E-state index in [0.29, 0.717) is 4.88 Å². The molecule has 1 aromatic carbocycles. The molecule has 0 atom stereocenters. The quantitative estimate of drug-likeness (QED) is 0.736. The highest BCUT2D eigenvalue weighted by atomic mass is 32.1. The molecule has 0 radical (unpaired) electrons. The van der Waals surface area contributed by atoms with E-state index < -0.39 is 0 Å². The van der Waals surface area contributed by atoms with Gasteiger partial charge in [0.05, 0.1) is 22.4 Å². The number of hydrogen-bond acceptors (Lipinski definition) is 5. The van der Waals surface area contributed by atoms with Gasteiger partial charge in [0.2, 0.25) is 0 Å². The number of nitrogens with one attached hydrogen (secondary N) is 1. The molecule has 4 nitrogen and oxygen atoms in total. The molecule has 122 valence electrons. The first-order valence-electron chi connectivity index (χ1n) is 7.96. The molecule has 1 N–H and O–H groups in total. The van der Waals surface area contributed by atoms with Crippen molar-refractivity contribution in [2.75, 3.05) is 23.3 Å². The summed E-state index contributed by atoms with van der Waals surface area (Å²) in [6.45, 7) is 2.10. The summed E-state index contributed by atoms with van der Waals surface area (Å²) >= 11 is 3.06. The van der Waals surface area contributed by atoms with Gasteiger partial charge in [0.1, 0.15) is 9.88 Å². The van der Waals surface area contributed by atoms with Crippen LogP contribution in [-0.4, -0.2) is 24.0 Å². The molecule has 3 heterocycles. The van der Waals surface area contributed by atoms with E-state index in [0.717, 1.165) is 34.3 Å². The van der Waals surface area contributed by atoms with E-state index in [2.05, 4.69) is 21.3 Å². The Bertz CT molecular complexity index is 836. The number of hydrogen-bond donors (Lipinski definition) is 1. The minimum Gasteiger partial charge on any atom is -0.370 e. The number of carbonyl (C=O) groups is 1. The van der Waals surface area contributed by atoms with Gasteiger partial charge in [-0.2, -0.15) is 0 Å². The highest BCUT2D eigenvalue weighted by molar-refractivity contribution is 7.22. The average Bonchev–Trinajstić information content (AvgIpc) is 3.35. The SMILES string of the molecule is O=C(Nc1ccccc1N1CCCC1)c1cnc(-c2cccs2)s1. The molecule has 1 saturated heterocycles. The fraction of sp³-hybridized carbons (Fsp3) is 0.222. The summed E-state index contributed by atoms with van der Waals surface area (Å²) in [7, 11) is 0. The van der Waals surface area contributed by atoms with Crippen LogP contribution in [0.4, 0.5) is 11.4 Å². The van der Waals surface area contributed by atoms with Gasteiger partial charge in [-0.25, -0.2) is 4.98 Å². The molecule has 6 heteroatoms. The first-order chi connectivity index (χ1) is 11.8. The third kappa shape index (κ3) is 3.07. The Kier molecular flexibility index (Phi) is 4.32.